The second-order valence-electron chi connectivity index (χ2n) is 8.91. The molecule has 0 aliphatic heterocycles. The van der Waals surface area contributed by atoms with E-state index in [-0.39, 0.29) is 17.7 Å². The van der Waals surface area contributed by atoms with Gasteiger partial charge in [0.15, 0.2) is 0 Å². The van der Waals surface area contributed by atoms with Gasteiger partial charge < -0.3 is 19.9 Å². The molecule has 0 spiro atoms. The van der Waals surface area contributed by atoms with Gasteiger partial charge in [-0.25, -0.2) is 0 Å². The fourth-order valence-electron chi connectivity index (χ4n) is 5.03. The number of amides is 1. The summed E-state index contributed by atoms with van der Waals surface area (Å²) < 4.78 is 11.3. The minimum atomic E-state index is -0.211. The van der Waals surface area contributed by atoms with Crippen molar-refractivity contribution in [2.45, 2.75) is 61.3 Å². The van der Waals surface area contributed by atoms with Crippen LogP contribution in [0.15, 0.2) is 44.6 Å². The molecule has 2 aliphatic carbocycles. The first-order valence-corrected chi connectivity index (χ1v) is 12.3. The fourth-order valence-corrected chi connectivity index (χ4v) is 5.97. The van der Waals surface area contributed by atoms with Gasteiger partial charge in [-0.05, 0) is 68.3 Å². The summed E-state index contributed by atoms with van der Waals surface area (Å²) in [5.74, 6) is 2.59. The van der Waals surface area contributed by atoms with Crippen LogP contribution in [0.3, 0.4) is 0 Å². The lowest BCUT2D eigenvalue weighted by Gasteiger charge is -2.41. The maximum absolute atomic E-state index is 13.2. The highest BCUT2D eigenvalue weighted by Gasteiger charge is 2.35. The zero-order valence-electron chi connectivity index (χ0n) is 18.4. The molecule has 3 unspecified atom stereocenters. The third-order valence-corrected chi connectivity index (χ3v) is 7.68. The van der Waals surface area contributed by atoms with Crippen LogP contribution < -0.4 is 15.4 Å². The van der Waals surface area contributed by atoms with Crippen LogP contribution in [-0.4, -0.2) is 37.3 Å². The number of carbonyl (C=O) groups excluding carboxylic acids is 1. The van der Waals surface area contributed by atoms with Crippen molar-refractivity contribution >= 4 is 17.7 Å². The number of ether oxygens (including phenoxy) is 1. The van der Waals surface area contributed by atoms with E-state index in [9.17, 15) is 4.79 Å². The summed E-state index contributed by atoms with van der Waals surface area (Å²) in [5, 5.41) is 10.3. The molecule has 31 heavy (non-hydrogen) atoms. The molecular formula is C24H33N3O3S. The van der Waals surface area contributed by atoms with Crippen molar-refractivity contribution in [1.82, 2.24) is 15.8 Å². The molecule has 2 fully saturated rings. The smallest absolute Gasteiger partial charge is 0.291 e. The average molecular weight is 444 g/mol. The Hall–Kier alpha value is -1.99. The quantitative estimate of drug-likeness (QED) is 0.544. The van der Waals surface area contributed by atoms with Crippen molar-refractivity contribution in [2.24, 2.45) is 17.8 Å². The maximum Gasteiger partial charge on any atom is 0.291 e. The molecule has 4 rings (SSSR count). The lowest BCUT2D eigenvalue weighted by Crippen LogP contribution is -2.42. The average Bonchev–Trinajstić information content (AvgIpc) is 3.17. The van der Waals surface area contributed by atoms with Gasteiger partial charge in [-0.3, -0.25) is 4.79 Å². The minimum Gasteiger partial charge on any atom is -0.473 e. The highest BCUT2D eigenvalue weighted by Crippen LogP contribution is 2.43. The molecule has 1 aromatic carbocycles. The van der Waals surface area contributed by atoms with E-state index in [0.717, 1.165) is 16.7 Å². The molecule has 1 amide bonds. The van der Waals surface area contributed by atoms with Crippen LogP contribution in [0.2, 0.25) is 0 Å². The van der Waals surface area contributed by atoms with Crippen molar-refractivity contribution < 1.29 is 14.1 Å². The standard InChI is InChI=1S/C24H33N3O3S/c1-16(19-14-17-7-6-8-18(13-17)15-19)26-23(28)21-22(31-20-9-4-3-5-10-20)24(27-30-21)29-12-11-25-2/h3-5,9-10,16-19,25H,6-8,11-15H2,1-2H3,(H,26,28). The summed E-state index contributed by atoms with van der Waals surface area (Å²) >= 11 is 1.45. The van der Waals surface area contributed by atoms with Crippen LogP contribution in [0.1, 0.15) is 56.0 Å². The molecule has 3 atom stereocenters. The Morgan fingerprint density at radius 3 is 2.68 bits per heavy atom. The number of rotatable bonds is 9. The predicted octanol–water partition coefficient (Wildman–Crippen LogP) is 4.76. The summed E-state index contributed by atoms with van der Waals surface area (Å²) in [7, 11) is 1.87. The van der Waals surface area contributed by atoms with Gasteiger partial charge in [-0.15, -0.1) is 0 Å². The van der Waals surface area contributed by atoms with E-state index in [4.69, 9.17) is 9.26 Å². The van der Waals surface area contributed by atoms with Crippen LogP contribution >= 0.6 is 11.8 Å². The number of aromatic nitrogens is 1. The molecule has 2 bridgehead atoms. The van der Waals surface area contributed by atoms with E-state index >= 15 is 0 Å². The summed E-state index contributed by atoms with van der Waals surface area (Å²) in [6, 6.07) is 10.0. The molecule has 2 N–H and O–H groups in total. The van der Waals surface area contributed by atoms with Crippen LogP contribution in [0.25, 0.3) is 0 Å². The van der Waals surface area contributed by atoms with E-state index in [2.05, 4.69) is 22.7 Å². The van der Waals surface area contributed by atoms with Crippen molar-refractivity contribution in [3.05, 3.63) is 36.1 Å². The first kappa shape index (κ1) is 22.2. The minimum absolute atomic E-state index is 0.115. The van der Waals surface area contributed by atoms with E-state index in [0.29, 0.717) is 29.8 Å². The number of hydrogen-bond donors (Lipinski definition) is 2. The second kappa shape index (κ2) is 10.6. The molecule has 6 nitrogen and oxygen atoms in total. The highest BCUT2D eigenvalue weighted by atomic mass is 32.2. The molecule has 2 aromatic rings. The summed E-state index contributed by atoms with van der Waals surface area (Å²) in [6.07, 6.45) is 7.89. The van der Waals surface area contributed by atoms with Gasteiger partial charge in [0.2, 0.25) is 5.76 Å². The van der Waals surface area contributed by atoms with Crippen molar-refractivity contribution in [2.75, 3.05) is 20.2 Å². The molecular weight excluding hydrogens is 410 g/mol. The Balaban J connectivity index is 1.47. The molecule has 1 aromatic heterocycles. The van der Waals surface area contributed by atoms with E-state index < -0.39 is 0 Å². The normalized spacial score (nSPS) is 23.9. The van der Waals surface area contributed by atoms with E-state index in [1.54, 1.807) is 0 Å². The SMILES string of the molecule is CNCCOc1noc(C(=O)NC(C)C2CC3CCCC(C3)C2)c1Sc1ccccc1. The van der Waals surface area contributed by atoms with Crippen molar-refractivity contribution in [1.29, 1.82) is 0 Å². The zero-order chi connectivity index (χ0) is 21.6. The second-order valence-corrected chi connectivity index (χ2v) is 9.99. The topological polar surface area (TPSA) is 76.4 Å². The number of carbonyl (C=O) groups is 1. The van der Waals surface area contributed by atoms with Gasteiger partial charge in [0, 0.05) is 17.5 Å². The molecule has 0 saturated heterocycles. The zero-order valence-corrected chi connectivity index (χ0v) is 19.2. The number of likely N-dealkylation sites (N-methyl/N-ethyl adjacent to an activating group) is 1. The fraction of sp³-hybridized carbons (Fsp3) is 0.583. The molecule has 2 aliphatic rings. The molecule has 7 heteroatoms. The largest absolute Gasteiger partial charge is 0.473 e. The van der Waals surface area contributed by atoms with Gasteiger partial charge in [-0.2, -0.15) is 0 Å². The first-order valence-electron chi connectivity index (χ1n) is 11.4. The number of hydrogen-bond acceptors (Lipinski definition) is 6. The molecule has 168 valence electrons. The Labute approximate surface area is 188 Å². The monoisotopic (exact) mass is 443 g/mol. The van der Waals surface area contributed by atoms with E-state index in [1.807, 2.05) is 37.4 Å². The summed E-state index contributed by atoms with van der Waals surface area (Å²) in [5.41, 5.74) is 0. The lowest BCUT2D eigenvalue weighted by atomic mass is 9.66. The van der Waals surface area contributed by atoms with E-state index in [1.165, 1.54) is 50.3 Å². The Bertz CT molecular complexity index is 845. The Kier molecular flexibility index (Phi) is 7.56. The van der Waals surface area contributed by atoms with Gasteiger partial charge in [-0.1, -0.05) is 49.2 Å². The van der Waals surface area contributed by atoms with Crippen LogP contribution in [0, 0.1) is 17.8 Å². The third-order valence-electron chi connectivity index (χ3n) is 6.61. The summed E-state index contributed by atoms with van der Waals surface area (Å²) in [4.78, 5) is 14.8. The molecule has 0 radical (unpaired) electrons. The summed E-state index contributed by atoms with van der Waals surface area (Å²) in [6.45, 7) is 3.27. The van der Waals surface area contributed by atoms with Gasteiger partial charge in [0.25, 0.3) is 11.8 Å². The maximum atomic E-state index is 13.2. The highest BCUT2D eigenvalue weighted by molar-refractivity contribution is 7.99. The number of nitrogens with zero attached hydrogens (tertiary/aromatic N) is 1. The predicted molar refractivity (Wildman–Crippen MR) is 122 cm³/mol. The Morgan fingerprint density at radius 2 is 1.97 bits per heavy atom. The van der Waals surface area contributed by atoms with Crippen molar-refractivity contribution in [3.8, 4) is 5.88 Å². The van der Waals surface area contributed by atoms with Gasteiger partial charge in [0.1, 0.15) is 11.5 Å². The number of nitrogens with one attached hydrogen (secondary N) is 2. The molecule has 1 heterocycles. The third kappa shape index (κ3) is 5.63. The van der Waals surface area contributed by atoms with Crippen LogP contribution in [-0.2, 0) is 0 Å². The number of fused-ring (bicyclic) bond motifs is 2. The van der Waals surface area contributed by atoms with Gasteiger partial charge >= 0.3 is 0 Å². The Morgan fingerprint density at radius 1 is 1.23 bits per heavy atom. The van der Waals surface area contributed by atoms with Crippen LogP contribution in [0.5, 0.6) is 5.88 Å². The van der Waals surface area contributed by atoms with Gasteiger partial charge in [0.05, 0.1) is 0 Å². The van der Waals surface area contributed by atoms with Crippen molar-refractivity contribution in [3.63, 3.8) is 0 Å². The molecule has 2 saturated carbocycles. The number of benzene rings is 1. The van der Waals surface area contributed by atoms with Crippen LogP contribution in [0.4, 0.5) is 0 Å². The lowest BCUT2D eigenvalue weighted by molar-refractivity contribution is 0.0818. The first-order chi connectivity index (χ1) is 15.1.